The summed E-state index contributed by atoms with van der Waals surface area (Å²) in [5.41, 5.74) is 2.88. The third-order valence-corrected chi connectivity index (χ3v) is 5.26. The molecule has 7 nitrogen and oxygen atoms in total. The number of amides is 1. The number of rotatable bonds is 7. The number of fused-ring (bicyclic) bond motifs is 1. The van der Waals surface area contributed by atoms with Crippen LogP contribution < -0.4 is 10.1 Å². The number of hydrogen-bond donors (Lipinski definition) is 1. The van der Waals surface area contributed by atoms with Crippen LogP contribution in [0.2, 0.25) is 0 Å². The van der Waals surface area contributed by atoms with E-state index >= 15 is 0 Å². The number of nitrogens with zero attached hydrogens (tertiary/aromatic N) is 2. The second-order valence-electron chi connectivity index (χ2n) is 5.73. The molecule has 146 valence electrons. The minimum atomic E-state index is -0.271. The van der Waals surface area contributed by atoms with E-state index in [2.05, 4.69) is 20.2 Å². The van der Waals surface area contributed by atoms with E-state index in [-0.39, 0.29) is 5.91 Å². The van der Waals surface area contributed by atoms with Crippen LogP contribution in [0.25, 0.3) is 10.2 Å². The van der Waals surface area contributed by atoms with E-state index in [0.717, 1.165) is 21.6 Å². The average Bonchev–Trinajstić information content (AvgIpc) is 3.23. The monoisotopic (exact) mass is 425 g/mol. The predicted molar refractivity (Wildman–Crippen MR) is 112 cm³/mol. The number of thiazole rings is 1. The highest BCUT2D eigenvalue weighted by Gasteiger charge is 2.14. The SMILES string of the molecule is COOSc1ccc(Oc2cc(C(=O)Nc3ccccn3)cc3scnc23)cc1. The van der Waals surface area contributed by atoms with Crippen molar-refractivity contribution in [1.82, 2.24) is 9.97 Å². The van der Waals surface area contributed by atoms with Crippen LogP contribution in [0.15, 0.2) is 71.2 Å². The molecular formula is C20H15N3O4S2. The van der Waals surface area contributed by atoms with Crippen molar-refractivity contribution in [3.05, 3.63) is 71.9 Å². The Hall–Kier alpha value is -2.98. The Kier molecular flexibility index (Phi) is 6.01. The molecule has 2 aromatic heterocycles. The van der Waals surface area contributed by atoms with Gasteiger partial charge in [0.25, 0.3) is 5.91 Å². The summed E-state index contributed by atoms with van der Waals surface area (Å²) in [6.07, 6.45) is 1.62. The summed E-state index contributed by atoms with van der Waals surface area (Å²) in [5.74, 6) is 1.33. The van der Waals surface area contributed by atoms with Crippen molar-refractivity contribution >= 4 is 45.3 Å². The zero-order valence-corrected chi connectivity index (χ0v) is 16.8. The first kappa shape index (κ1) is 19.3. The van der Waals surface area contributed by atoms with E-state index in [1.807, 2.05) is 18.2 Å². The minimum absolute atomic E-state index is 0.271. The van der Waals surface area contributed by atoms with Crippen molar-refractivity contribution in [2.45, 2.75) is 4.90 Å². The van der Waals surface area contributed by atoms with Gasteiger partial charge in [-0.15, -0.1) is 11.3 Å². The maximum atomic E-state index is 12.7. The first-order valence-corrected chi connectivity index (χ1v) is 10.1. The maximum absolute atomic E-state index is 12.7. The van der Waals surface area contributed by atoms with Crippen molar-refractivity contribution in [2.24, 2.45) is 0 Å². The fourth-order valence-electron chi connectivity index (χ4n) is 2.53. The number of carbonyl (C=O) groups is 1. The fourth-order valence-corrected chi connectivity index (χ4v) is 3.66. The highest BCUT2D eigenvalue weighted by molar-refractivity contribution is 7.94. The molecule has 0 radical (unpaired) electrons. The number of hydrogen-bond acceptors (Lipinski definition) is 8. The van der Waals surface area contributed by atoms with Gasteiger partial charge in [0.2, 0.25) is 0 Å². The van der Waals surface area contributed by atoms with Crippen molar-refractivity contribution in [3.63, 3.8) is 0 Å². The number of benzene rings is 2. The molecule has 0 saturated heterocycles. The molecule has 0 saturated carbocycles. The van der Waals surface area contributed by atoms with Crippen LogP contribution in [0.1, 0.15) is 10.4 Å². The number of aromatic nitrogens is 2. The summed E-state index contributed by atoms with van der Waals surface area (Å²) in [6.45, 7) is 0. The number of nitrogens with one attached hydrogen (secondary N) is 1. The van der Waals surface area contributed by atoms with Crippen LogP contribution >= 0.6 is 23.4 Å². The van der Waals surface area contributed by atoms with Crippen LogP contribution in [-0.4, -0.2) is 23.0 Å². The van der Waals surface area contributed by atoms with Gasteiger partial charge in [-0.2, -0.15) is 4.33 Å². The summed E-state index contributed by atoms with van der Waals surface area (Å²) in [6, 6.07) is 16.1. The molecular weight excluding hydrogens is 410 g/mol. The number of carbonyl (C=O) groups excluding carboxylic acids is 1. The Morgan fingerprint density at radius 2 is 1.97 bits per heavy atom. The Balaban J connectivity index is 1.59. The molecule has 0 unspecified atom stereocenters. The third kappa shape index (κ3) is 4.72. The lowest BCUT2D eigenvalue weighted by molar-refractivity contribution is -0.160. The van der Waals surface area contributed by atoms with Gasteiger partial charge in [0, 0.05) is 16.7 Å². The van der Waals surface area contributed by atoms with Crippen LogP contribution in [0.4, 0.5) is 5.82 Å². The number of anilines is 1. The summed E-state index contributed by atoms with van der Waals surface area (Å²) in [5, 5.41) is 2.78. The van der Waals surface area contributed by atoms with Gasteiger partial charge in [-0.1, -0.05) is 6.07 Å². The molecule has 0 aliphatic carbocycles. The van der Waals surface area contributed by atoms with Crippen LogP contribution in [0.5, 0.6) is 11.5 Å². The lowest BCUT2D eigenvalue weighted by atomic mass is 10.2. The second kappa shape index (κ2) is 9.01. The summed E-state index contributed by atoms with van der Waals surface area (Å²) in [7, 11) is 1.45. The number of pyridine rings is 1. The molecule has 0 aliphatic rings. The molecule has 0 fully saturated rings. The van der Waals surface area contributed by atoms with Crippen LogP contribution in [0.3, 0.4) is 0 Å². The zero-order chi connectivity index (χ0) is 20.1. The van der Waals surface area contributed by atoms with Crippen molar-refractivity contribution in [3.8, 4) is 11.5 Å². The lowest BCUT2D eigenvalue weighted by Crippen LogP contribution is -2.12. The molecule has 29 heavy (non-hydrogen) atoms. The first-order valence-electron chi connectivity index (χ1n) is 8.48. The Morgan fingerprint density at radius 1 is 1.10 bits per heavy atom. The Labute approximate surface area is 174 Å². The van der Waals surface area contributed by atoms with Crippen molar-refractivity contribution in [2.75, 3.05) is 12.4 Å². The largest absolute Gasteiger partial charge is 0.455 e. The fraction of sp³-hybridized carbons (Fsp3) is 0.0500. The molecule has 0 atom stereocenters. The summed E-state index contributed by atoms with van der Waals surface area (Å²) >= 11 is 2.54. The van der Waals surface area contributed by atoms with Gasteiger partial charge in [0.05, 0.1) is 29.4 Å². The van der Waals surface area contributed by atoms with Gasteiger partial charge in [-0.25, -0.2) is 14.9 Å². The van der Waals surface area contributed by atoms with E-state index < -0.39 is 0 Å². The van der Waals surface area contributed by atoms with Gasteiger partial charge < -0.3 is 10.1 Å². The molecule has 4 aromatic rings. The predicted octanol–water partition coefficient (Wildman–Crippen LogP) is 5.32. The minimum Gasteiger partial charge on any atom is -0.455 e. The smallest absolute Gasteiger partial charge is 0.257 e. The van der Waals surface area contributed by atoms with E-state index in [1.165, 1.54) is 18.4 Å². The lowest BCUT2D eigenvalue weighted by Gasteiger charge is -2.10. The van der Waals surface area contributed by atoms with Gasteiger partial charge >= 0.3 is 0 Å². The topological polar surface area (TPSA) is 82.6 Å². The summed E-state index contributed by atoms with van der Waals surface area (Å²) < 4.78 is 11.7. The molecule has 0 bridgehead atoms. The third-order valence-electron chi connectivity index (χ3n) is 3.82. The van der Waals surface area contributed by atoms with Gasteiger partial charge in [0.15, 0.2) is 5.75 Å². The van der Waals surface area contributed by atoms with E-state index in [1.54, 1.807) is 48.1 Å². The molecule has 4 rings (SSSR count). The second-order valence-corrected chi connectivity index (χ2v) is 7.39. The van der Waals surface area contributed by atoms with Gasteiger partial charge in [-0.05, 0) is 48.5 Å². The highest BCUT2D eigenvalue weighted by atomic mass is 32.2. The van der Waals surface area contributed by atoms with Crippen molar-refractivity contribution in [1.29, 1.82) is 0 Å². The standard InChI is InChI=1S/C20H15N3O4S2/c1-25-27-29-15-7-5-14(6-8-15)26-16-10-13(11-17-19(16)22-12-28-17)20(24)23-18-4-2-3-9-21-18/h2-12H,1H3,(H,21,23,24). The first-order chi connectivity index (χ1) is 14.2. The molecule has 9 heteroatoms. The Bertz CT molecular complexity index is 1120. The van der Waals surface area contributed by atoms with Gasteiger partial charge in [0.1, 0.15) is 17.1 Å². The maximum Gasteiger partial charge on any atom is 0.257 e. The van der Waals surface area contributed by atoms with Crippen LogP contribution in [-0.2, 0) is 9.22 Å². The van der Waals surface area contributed by atoms with Gasteiger partial charge in [-0.3, -0.25) is 4.79 Å². The molecule has 1 amide bonds. The highest BCUT2D eigenvalue weighted by Crippen LogP contribution is 2.33. The molecule has 1 N–H and O–H groups in total. The average molecular weight is 425 g/mol. The summed E-state index contributed by atoms with van der Waals surface area (Å²) in [4.78, 5) is 26.6. The molecule has 2 aromatic carbocycles. The molecule has 2 heterocycles. The van der Waals surface area contributed by atoms with E-state index in [0.29, 0.717) is 28.4 Å². The Morgan fingerprint density at radius 3 is 2.72 bits per heavy atom. The number of ether oxygens (including phenoxy) is 1. The van der Waals surface area contributed by atoms with E-state index in [4.69, 9.17) is 9.07 Å². The normalized spacial score (nSPS) is 10.8. The van der Waals surface area contributed by atoms with Crippen LogP contribution in [0, 0.1) is 0 Å². The quantitative estimate of drug-likeness (QED) is 0.244. The van der Waals surface area contributed by atoms with E-state index in [9.17, 15) is 4.79 Å². The molecule has 0 aliphatic heterocycles. The zero-order valence-electron chi connectivity index (χ0n) is 15.2. The molecule has 0 spiro atoms. The van der Waals surface area contributed by atoms with Crippen molar-refractivity contribution < 1.29 is 18.8 Å².